The average Bonchev–Trinajstić information content (AvgIpc) is 2.40. The highest BCUT2D eigenvalue weighted by Crippen LogP contribution is 2.29. The number of halogens is 3. The molecule has 0 N–H and O–H groups in total. The van der Waals surface area contributed by atoms with Gasteiger partial charge in [-0.25, -0.2) is 0 Å². The molecule has 2 nitrogen and oxygen atoms in total. The molecule has 0 aromatic heterocycles. The summed E-state index contributed by atoms with van der Waals surface area (Å²) in [6.07, 6.45) is 0. The maximum Gasteiger partial charge on any atom is 0.195 e. The summed E-state index contributed by atoms with van der Waals surface area (Å²) in [4.78, 5) is 12.5. The Hall–Kier alpha value is -0.650. The zero-order valence-corrected chi connectivity index (χ0v) is 14.7. The molecule has 2 aromatic carbocycles. The van der Waals surface area contributed by atoms with Crippen molar-refractivity contribution in [2.45, 2.75) is 0 Å². The third-order valence-electron chi connectivity index (χ3n) is 2.59. The number of rotatable bonds is 3. The average molecular weight is 449 g/mol. The second-order valence-electron chi connectivity index (χ2n) is 3.80. The first-order valence-electron chi connectivity index (χ1n) is 5.36. The molecule has 0 fully saturated rings. The topological polar surface area (TPSA) is 26.3 Å². The normalized spacial score (nSPS) is 10.3. The maximum atomic E-state index is 12.5. The number of ketones is 1. The van der Waals surface area contributed by atoms with Gasteiger partial charge in [0.05, 0.1) is 7.11 Å². The van der Waals surface area contributed by atoms with Gasteiger partial charge in [-0.3, -0.25) is 4.79 Å². The first-order valence-corrected chi connectivity index (χ1v) is 7.74. The van der Waals surface area contributed by atoms with Crippen LogP contribution in [0.2, 0.25) is 0 Å². The van der Waals surface area contributed by atoms with Crippen molar-refractivity contribution < 1.29 is 9.53 Å². The highest BCUT2D eigenvalue weighted by atomic mass is 79.9. The Kier molecular flexibility index (Phi) is 4.81. The molecule has 0 saturated carbocycles. The summed E-state index contributed by atoms with van der Waals surface area (Å²) >= 11 is 10.2. The van der Waals surface area contributed by atoms with Gasteiger partial charge in [-0.15, -0.1) is 0 Å². The number of benzene rings is 2. The van der Waals surface area contributed by atoms with Crippen LogP contribution in [0.5, 0.6) is 5.75 Å². The van der Waals surface area contributed by atoms with E-state index in [9.17, 15) is 4.79 Å². The lowest BCUT2D eigenvalue weighted by atomic mass is 10.0. The van der Waals surface area contributed by atoms with Crippen LogP contribution in [0, 0.1) is 0 Å². The summed E-state index contributed by atoms with van der Waals surface area (Å²) < 4.78 is 7.46. The predicted molar refractivity (Wildman–Crippen MR) is 86.0 cm³/mol. The molecule has 5 heteroatoms. The van der Waals surface area contributed by atoms with Gasteiger partial charge in [0.15, 0.2) is 5.78 Å². The predicted octanol–water partition coefficient (Wildman–Crippen LogP) is 5.21. The molecule has 0 spiro atoms. The first-order chi connectivity index (χ1) is 9.02. The van der Waals surface area contributed by atoms with Crippen LogP contribution in [-0.4, -0.2) is 12.9 Å². The lowest BCUT2D eigenvalue weighted by Crippen LogP contribution is -2.03. The van der Waals surface area contributed by atoms with Crippen LogP contribution in [0.15, 0.2) is 49.8 Å². The summed E-state index contributed by atoms with van der Waals surface area (Å²) in [7, 11) is 1.59. The van der Waals surface area contributed by atoms with Crippen molar-refractivity contribution in [1.82, 2.24) is 0 Å². The van der Waals surface area contributed by atoms with Crippen LogP contribution >= 0.6 is 47.8 Å². The molecule has 19 heavy (non-hydrogen) atoms. The summed E-state index contributed by atoms with van der Waals surface area (Å²) in [5, 5.41) is 0. The third-order valence-corrected chi connectivity index (χ3v) is 4.43. The minimum Gasteiger partial charge on any atom is -0.497 e. The van der Waals surface area contributed by atoms with Gasteiger partial charge in [0.25, 0.3) is 0 Å². The zero-order chi connectivity index (χ0) is 14.0. The lowest BCUT2D eigenvalue weighted by Gasteiger charge is -2.08. The molecule has 98 valence electrons. The largest absolute Gasteiger partial charge is 0.497 e. The molecule has 0 radical (unpaired) electrons. The van der Waals surface area contributed by atoms with E-state index in [-0.39, 0.29) is 5.78 Å². The second kappa shape index (κ2) is 6.20. The monoisotopic (exact) mass is 446 g/mol. The number of hydrogen-bond acceptors (Lipinski definition) is 2. The second-order valence-corrected chi connectivity index (χ2v) is 6.42. The zero-order valence-electron chi connectivity index (χ0n) is 9.91. The van der Waals surface area contributed by atoms with Crippen LogP contribution in [0.3, 0.4) is 0 Å². The van der Waals surface area contributed by atoms with Gasteiger partial charge in [0, 0.05) is 24.5 Å². The maximum absolute atomic E-state index is 12.5. The molecular formula is C14H9Br3O2. The van der Waals surface area contributed by atoms with E-state index in [0.29, 0.717) is 21.3 Å². The van der Waals surface area contributed by atoms with Gasteiger partial charge in [0.2, 0.25) is 0 Å². The number of hydrogen-bond donors (Lipinski definition) is 0. The van der Waals surface area contributed by atoms with Crippen LogP contribution in [0.1, 0.15) is 15.9 Å². The van der Waals surface area contributed by atoms with E-state index in [0.717, 1.165) is 8.95 Å². The third kappa shape index (κ3) is 3.27. The highest BCUT2D eigenvalue weighted by molar-refractivity contribution is 9.11. The Bertz CT molecular complexity index is 639. The Balaban J connectivity index is 2.47. The molecule has 0 atom stereocenters. The lowest BCUT2D eigenvalue weighted by molar-refractivity contribution is 0.103. The van der Waals surface area contributed by atoms with Gasteiger partial charge in [-0.1, -0.05) is 31.9 Å². The fraction of sp³-hybridized carbons (Fsp3) is 0.0714. The van der Waals surface area contributed by atoms with Crippen molar-refractivity contribution in [3.8, 4) is 5.75 Å². The van der Waals surface area contributed by atoms with Crippen LogP contribution < -0.4 is 4.74 Å². The molecule has 2 rings (SSSR count). The Morgan fingerprint density at radius 3 is 2.32 bits per heavy atom. The van der Waals surface area contributed by atoms with E-state index in [2.05, 4.69) is 47.8 Å². The minimum atomic E-state index is -0.0531. The summed E-state index contributed by atoms with van der Waals surface area (Å²) in [6.45, 7) is 0. The van der Waals surface area contributed by atoms with Crippen LogP contribution in [0.4, 0.5) is 0 Å². The van der Waals surface area contributed by atoms with Crippen molar-refractivity contribution >= 4 is 53.6 Å². The van der Waals surface area contributed by atoms with E-state index in [1.54, 1.807) is 31.4 Å². The standard InChI is InChI=1S/C14H9Br3O2/c1-19-9-3-4-10(13(17)7-9)14(18)11-6-8(15)2-5-12(11)16/h2-7H,1H3. The summed E-state index contributed by atoms with van der Waals surface area (Å²) in [5.41, 5.74) is 1.21. The van der Waals surface area contributed by atoms with E-state index in [1.165, 1.54) is 0 Å². The highest BCUT2D eigenvalue weighted by Gasteiger charge is 2.16. The van der Waals surface area contributed by atoms with E-state index in [4.69, 9.17) is 4.74 Å². The van der Waals surface area contributed by atoms with Gasteiger partial charge in [0.1, 0.15) is 5.75 Å². The van der Waals surface area contributed by atoms with Gasteiger partial charge in [-0.2, -0.15) is 0 Å². The molecule has 0 bridgehead atoms. The minimum absolute atomic E-state index is 0.0531. The van der Waals surface area contributed by atoms with E-state index < -0.39 is 0 Å². The molecule has 0 heterocycles. The number of methoxy groups -OCH3 is 1. The molecular weight excluding hydrogens is 440 g/mol. The fourth-order valence-corrected chi connectivity index (χ4v) is 2.95. The number of ether oxygens (including phenoxy) is 1. The summed E-state index contributed by atoms with van der Waals surface area (Å²) in [5.74, 6) is 0.652. The van der Waals surface area contributed by atoms with Crippen molar-refractivity contribution in [2.24, 2.45) is 0 Å². The Labute approximate surface area is 136 Å². The molecule has 0 amide bonds. The Morgan fingerprint density at radius 1 is 0.947 bits per heavy atom. The first kappa shape index (κ1) is 14.8. The molecule has 0 aliphatic carbocycles. The Morgan fingerprint density at radius 2 is 1.68 bits per heavy atom. The van der Waals surface area contributed by atoms with Crippen molar-refractivity contribution in [3.05, 3.63) is 60.9 Å². The van der Waals surface area contributed by atoms with Gasteiger partial charge in [-0.05, 0) is 52.3 Å². The molecule has 0 unspecified atom stereocenters. The molecule has 0 saturated heterocycles. The van der Waals surface area contributed by atoms with Crippen molar-refractivity contribution in [2.75, 3.05) is 7.11 Å². The van der Waals surface area contributed by atoms with Gasteiger partial charge < -0.3 is 4.74 Å². The number of carbonyl (C=O) groups is 1. The number of carbonyl (C=O) groups excluding carboxylic acids is 1. The van der Waals surface area contributed by atoms with Crippen molar-refractivity contribution in [1.29, 1.82) is 0 Å². The van der Waals surface area contributed by atoms with Crippen LogP contribution in [-0.2, 0) is 0 Å². The van der Waals surface area contributed by atoms with Gasteiger partial charge >= 0.3 is 0 Å². The van der Waals surface area contributed by atoms with E-state index >= 15 is 0 Å². The summed E-state index contributed by atoms with van der Waals surface area (Å²) in [6, 6.07) is 10.8. The fourth-order valence-electron chi connectivity index (χ4n) is 1.62. The quantitative estimate of drug-likeness (QED) is 0.602. The molecule has 2 aromatic rings. The van der Waals surface area contributed by atoms with E-state index in [1.807, 2.05) is 12.1 Å². The molecule has 0 aliphatic rings. The SMILES string of the molecule is COc1ccc(C(=O)c2cc(Br)ccc2Br)c(Br)c1. The molecule has 0 aliphatic heterocycles. The van der Waals surface area contributed by atoms with Crippen LogP contribution in [0.25, 0.3) is 0 Å². The van der Waals surface area contributed by atoms with Crippen molar-refractivity contribution in [3.63, 3.8) is 0 Å². The smallest absolute Gasteiger partial charge is 0.195 e.